The third kappa shape index (κ3) is 1.48. The molecule has 0 aromatic heterocycles. The maximum absolute atomic E-state index is 8.80. The van der Waals surface area contributed by atoms with Crippen molar-refractivity contribution in [2.24, 2.45) is 0 Å². The molecule has 1 heteroatoms. The molecular formula is C12H11N. The number of nitriles is 1. The topological polar surface area (TPSA) is 23.8 Å². The Balaban J connectivity index is 2.44. The van der Waals surface area contributed by atoms with Crippen LogP contribution in [-0.4, -0.2) is 0 Å². The van der Waals surface area contributed by atoms with Gasteiger partial charge in [-0.1, -0.05) is 24.8 Å². The fraction of sp³-hybridized carbons (Fsp3) is 0.250. The third-order valence-corrected chi connectivity index (χ3v) is 2.46. The number of benzene rings is 1. The Morgan fingerprint density at radius 2 is 2.23 bits per heavy atom. The van der Waals surface area contributed by atoms with Gasteiger partial charge in [0.25, 0.3) is 0 Å². The van der Waals surface area contributed by atoms with Gasteiger partial charge in [0.05, 0.1) is 11.6 Å². The van der Waals surface area contributed by atoms with Crippen molar-refractivity contribution >= 4 is 6.08 Å². The Labute approximate surface area is 78.3 Å². The molecular weight excluding hydrogens is 158 g/mol. The van der Waals surface area contributed by atoms with E-state index in [1.54, 1.807) is 6.08 Å². The Morgan fingerprint density at radius 3 is 2.77 bits per heavy atom. The lowest BCUT2D eigenvalue weighted by atomic mass is 10.0. The number of hydrogen-bond donors (Lipinski definition) is 0. The first-order valence-corrected chi connectivity index (χ1v) is 4.51. The van der Waals surface area contributed by atoms with Crippen molar-refractivity contribution in [3.63, 3.8) is 0 Å². The molecule has 2 rings (SSSR count). The molecule has 1 nitrogen and oxygen atoms in total. The predicted octanol–water partition coefficient (Wildman–Crippen LogP) is 3.08. The molecule has 64 valence electrons. The van der Waals surface area contributed by atoms with Gasteiger partial charge in [0.1, 0.15) is 0 Å². The Bertz CT molecular complexity index is 381. The van der Waals surface area contributed by atoms with E-state index in [2.05, 4.69) is 24.8 Å². The molecule has 0 unspecified atom stereocenters. The number of nitrogens with zero attached hydrogens (tertiary/aromatic N) is 1. The van der Waals surface area contributed by atoms with Gasteiger partial charge in [-0.05, 0) is 36.0 Å². The van der Waals surface area contributed by atoms with Crippen molar-refractivity contribution in [3.05, 3.63) is 41.5 Å². The van der Waals surface area contributed by atoms with Gasteiger partial charge < -0.3 is 0 Å². The van der Waals surface area contributed by atoms with Crippen molar-refractivity contribution in [1.82, 2.24) is 0 Å². The van der Waals surface area contributed by atoms with Gasteiger partial charge in [-0.15, -0.1) is 0 Å². The first kappa shape index (κ1) is 8.07. The normalized spacial score (nSPS) is 15.0. The largest absolute Gasteiger partial charge is 0.192 e. The second-order valence-electron chi connectivity index (χ2n) is 3.44. The minimum absolute atomic E-state index is 0.722. The zero-order valence-electron chi connectivity index (χ0n) is 7.46. The van der Waals surface area contributed by atoms with E-state index in [1.165, 1.54) is 18.4 Å². The molecule has 0 amide bonds. The van der Waals surface area contributed by atoms with Crippen LogP contribution < -0.4 is 0 Å². The summed E-state index contributed by atoms with van der Waals surface area (Å²) in [4.78, 5) is 0. The smallest absolute Gasteiger partial charge is 0.0997 e. The van der Waals surface area contributed by atoms with Crippen LogP contribution in [0, 0.1) is 11.3 Å². The fourth-order valence-electron chi connectivity index (χ4n) is 1.52. The lowest BCUT2D eigenvalue weighted by molar-refractivity contribution is 1.13. The molecule has 1 aliphatic carbocycles. The molecule has 1 fully saturated rings. The maximum atomic E-state index is 8.80. The van der Waals surface area contributed by atoms with Crippen molar-refractivity contribution in [2.45, 2.75) is 18.8 Å². The zero-order chi connectivity index (χ0) is 9.26. The van der Waals surface area contributed by atoms with E-state index in [0.717, 1.165) is 17.0 Å². The lowest BCUT2D eigenvalue weighted by Gasteiger charge is -2.01. The van der Waals surface area contributed by atoms with Gasteiger partial charge in [0.2, 0.25) is 0 Å². The molecule has 0 spiro atoms. The SMILES string of the molecule is C=Cc1cc(C2CC2)ccc1C#N. The molecule has 1 aromatic carbocycles. The Hall–Kier alpha value is -1.55. The van der Waals surface area contributed by atoms with E-state index in [9.17, 15) is 0 Å². The van der Waals surface area contributed by atoms with Crippen molar-refractivity contribution in [1.29, 1.82) is 5.26 Å². The monoisotopic (exact) mass is 169 g/mol. The van der Waals surface area contributed by atoms with Crippen LogP contribution in [0.15, 0.2) is 24.8 Å². The van der Waals surface area contributed by atoms with Crippen LogP contribution >= 0.6 is 0 Å². The molecule has 13 heavy (non-hydrogen) atoms. The van der Waals surface area contributed by atoms with Crippen LogP contribution in [0.2, 0.25) is 0 Å². The molecule has 1 aromatic rings. The van der Waals surface area contributed by atoms with Crippen LogP contribution in [0.1, 0.15) is 35.4 Å². The molecule has 0 heterocycles. The van der Waals surface area contributed by atoms with E-state index in [0.29, 0.717) is 0 Å². The summed E-state index contributed by atoms with van der Waals surface area (Å²) in [5.41, 5.74) is 3.04. The summed E-state index contributed by atoms with van der Waals surface area (Å²) in [7, 11) is 0. The maximum Gasteiger partial charge on any atom is 0.0997 e. The molecule has 0 aliphatic heterocycles. The third-order valence-electron chi connectivity index (χ3n) is 2.46. The average molecular weight is 169 g/mol. The summed E-state index contributed by atoms with van der Waals surface area (Å²) in [6.07, 6.45) is 4.34. The van der Waals surface area contributed by atoms with Crippen molar-refractivity contribution in [2.75, 3.05) is 0 Å². The quantitative estimate of drug-likeness (QED) is 0.667. The van der Waals surface area contributed by atoms with Crippen molar-refractivity contribution in [3.8, 4) is 6.07 Å². The summed E-state index contributed by atoms with van der Waals surface area (Å²) in [6, 6.07) is 8.20. The fourth-order valence-corrected chi connectivity index (χ4v) is 1.52. The number of rotatable bonds is 2. The van der Waals surface area contributed by atoms with Gasteiger partial charge in [0, 0.05) is 0 Å². The van der Waals surface area contributed by atoms with Crippen LogP contribution in [-0.2, 0) is 0 Å². The molecule has 0 radical (unpaired) electrons. The summed E-state index contributed by atoms with van der Waals surface area (Å²) in [6.45, 7) is 3.71. The molecule has 0 atom stereocenters. The zero-order valence-corrected chi connectivity index (χ0v) is 7.46. The van der Waals surface area contributed by atoms with E-state index >= 15 is 0 Å². The van der Waals surface area contributed by atoms with Gasteiger partial charge in [-0.3, -0.25) is 0 Å². The Kier molecular flexibility index (Phi) is 1.90. The highest BCUT2D eigenvalue weighted by Gasteiger charge is 2.23. The first-order chi connectivity index (χ1) is 6.35. The molecule has 0 N–H and O–H groups in total. The minimum atomic E-state index is 0.722. The van der Waals surface area contributed by atoms with Crippen molar-refractivity contribution < 1.29 is 0 Å². The van der Waals surface area contributed by atoms with Gasteiger partial charge in [0.15, 0.2) is 0 Å². The summed E-state index contributed by atoms with van der Waals surface area (Å²) >= 11 is 0. The van der Waals surface area contributed by atoms with Crippen LogP contribution in [0.25, 0.3) is 6.08 Å². The van der Waals surface area contributed by atoms with Crippen LogP contribution in [0.5, 0.6) is 0 Å². The minimum Gasteiger partial charge on any atom is -0.192 e. The average Bonchev–Trinajstić information content (AvgIpc) is 3.00. The highest BCUT2D eigenvalue weighted by molar-refractivity contribution is 5.58. The molecule has 0 bridgehead atoms. The second kappa shape index (κ2) is 3.06. The van der Waals surface area contributed by atoms with E-state index in [1.807, 2.05) is 6.07 Å². The van der Waals surface area contributed by atoms with Gasteiger partial charge >= 0.3 is 0 Å². The lowest BCUT2D eigenvalue weighted by Crippen LogP contribution is -1.85. The summed E-state index contributed by atoms with van der Waals surface area (Å²) in [5.74, 6) is 0.742. The van der Waals surface area contributed by atoms with Gasteiger partial charge in [-0.25, -0.2) is 0 Å². The Morgan fingerprint density at radius 1 is 1.46 bits per heavy atom. The highest BCUT2D eigenvalue weighted by atomic mass is 14.3. The van der Waals surface area contributed by atoms with E-state index in [-0.39, 0.29) is 0 Å². The molecule has 1 aliphatic rings. The highest BCUT2D eigenvalue weighted by Crippen LogP contribution is 2.40. The van der Waals surface area contributed by atoms with E-state index in [4.69, 9.17) is 5.26 Å². The molecule has 0 saturated heterocycles. The van der Waals surface area contributed by atoms with Crippen LogP contribution in [0.3, 0.4) is 0 Å². The summed E-state index contributed by atoms with van der Waals surface area (Å²) < 4.78 is 0. The summed E-state index contributed by atoms with van der Waals surface area (Å²) in [5, 5.41) is 8.80. The second-order valence-corrected chi connectivity index (χ2v) is 3.44. The molecule has 1 saturated carbocycles. The number of hydrogen-bond acceptors (Lipinski definition) is 1. The van der Waals surface area contributed by atoms with Gasteiger partial charge in [-0.2, -0.15) is 5.26 Å². The first-order valence-electron chi connectivity index (χ1n) is 4.51. The standard InChI is InChI=1S/C12H11N/c1-2-9-7-11(10-3-4-10)5-6-12(9)8-13/h2,5-7,10H,1,3-4H2. The predicted molar refractivity (Wildman–Crippen MR) is 53.2 cm³/mol. The van der Waals surface area contributed by atoms with E-state index < -0.39 is 0 Å². The van der Waals surface area contributed by atoms with Crippen LogP contribution in [0.4, 0.5) is 0 Å².